The molecule has 2 aliphatic heterocycles. The van der Waals surface area contributed by atoms with Crippen LogP contribution in [0.5, 0.6) is 0 Å². The summed E-state index contributed by atoms with van der Waals surface area (Å²) in [5, 5.41) is 0.734. The molecule has 0 radical (unpaired) electrons. The minimum Gasteiger partial charge on any atom is -0.375 e. The Morgan fingerprint density at radius 2 is 2.14 bits per heavy atom. The summed E-state index contributed by atoms with van der Waals surface area (Å²) in [4.78, 5) is 3.33. The maximum atomic E-state index is 12.5. The highest BCUT2D eigenvalue weighted by Gasteiger charge is 2.40. The first-order valence-electron chi connectivity index (χ1n) is 7.85. The number of para-hydroxylation sites is 1. The second kappa shape index (κ2) is 5.37. The maximum Gasteiger partial charge on any atom is 0.242 e. The summed E-state index contributed by atoms with van der Waals surface area (Å²) in [5.74, 6) is 0.504. The number of aromatic nitrogens is 1. The molecule has 6 heteroatoms. The second-order valence-corrected chi connectivity index (χ2v) is 7.99. The fourth-order valence-corrected chi connectivity index (χ4v) is 4.99. The van der Waals surface area contributed by atoms with Gasteiger partial charge in [0, 0.05) is 23.6 Å². The number of rotatable bonds is 5. The highest BCUT2D eigenvalue weighted by atomic mass is 32.2. The van der Waals surface area contributed by atoms with Crippen LogP contribution in [-0.4, -0.2) is 32.2 Å². The van der Waals surface area contributed by atoms with Crippen LogP contribution in [0.25, 0.3) is 10.9 Å². The first-order chi connectivity index (χ1) is 10.6. The number of hydrogen-bond acceptors (Lipinski definition) is 3. The minimum absolute atomic E-state index is 0.326. The number of aromatic amines is 1. The molecular weight excluding hydrogens is 300 g/mol. The molecule has 4 rings (SSSR count). The SMILES string of the molecule is O=S(=O)(NCCC1CC2CCC1O2)c1c[nH]c2ccccc12. The molecule has 1 aromatic carbocycles. The Balaban J connectivity index is 1.43. The Bertz CT molecular complexity index is 784. The zero-order chi connectivity index (χ0) is 15.2. The summed E-state index contributed by atoms with van der Waals surface area (Å²) in [6.07, 6.45) is 6.56. The molecule has 1 aromatic heterocycles. The largest absolute Gasteiger partial charge is 0.375 e. The van der Waals surface area contributed by atoms with E-state index in [4.69, 9.17) is 4.74 Å². The number of nitrogens with one attached hydrogen (secondary N) is 2. The molecule has 2 aromatic rings. The molecule has 2 bridgehead atoms. The van der Waals surface area contributed by atoms with Crippen molar-refractivity contribution >= 4 is 20.9 Å². The van der Waals surface area contributed by atoms with Gasteiger partial charge in [0.2, 0.25) is 10.0 Å². The van der Waals surface area contributed by atoms with Gasteiger partial charge in [-0.1, -0.05) is 18.2 Å². The average molecular weight is 320 g/mol. The highest BCUT2D eigenvalue weighted by molar-refractivity contribution is 7.89. The lowest BCUT2D eigenvalue weighted by Crippen LogP contribution is -2.28. The van der Waals surface area contributed by atoms with Gasteiger partial charge in [0.15, 0.2) is 0 Å². The molecule has 3 unspecified atom stereocenters. The lowest BCUT2D eigenvalue weighted by atomic mass is 9.87. The van der Waals surface area contributed by atoms with Crippen molar-refractivity contribution in [3.8, 4) is 0 Å². The number of benzene rings is 1. The van der Waals surface area contributed by atoms with Gasteiger partial charge < -0.3 is 9.72 Å². The topological polar surface area (TPSA) is 71.2 Å². The van der Waals surface area contributed by atoms with E-state index in [1.807, 2.05) is 24.3 Å². The van der Waals surface area contributed by atoms with Crippen molar-refractivity contribution in [2.45, 2.75) is 42.8 Å². The molecule has 3 atom stereocenters. The molecule has 0 saturated carbocycles. The van der Waals surface area contributed by atoms with Crippen molar-refractivity contribution in [3.05, 3.63) is 30.5 Å². The normalized spacial score (nSPS) is 27.7. The predicted octanol–water partition coefficient (Wildman–Crippen LogP) is 2.40. The lowest BCUT2D eigenvalue weighted by Gasteiger charge is -2.18. The fourth-order valence-electron chi connectivity index (χ4n) is 3.77. The monoisotopic (exact) mass is 320 g/mol. The maximum absolute atomic E-state index is 12.5. The van der Waals surface area contributed by atoms with E-state index in [2.05, 4.69) is 9.71 Å². The summed E-state index contributed by atoms with van der Waals surface area (Å²) in [6, 6.07) is 7.44. The molecule has 3 heterocycles. The molecular formula is C16H20N2O3S. The van der Waals surface area contributed by atoms with Crippen LogP contribution >= 0.6 is 0 Å². The summed E-state index contributed by atoms with van der Waals surface area (Å²) >= 11 is 0. The van der Waals surface area contributed by atoms with E-state index in [0.717, 1.165) is 30.2 Å². The average Bonchev–Trinajstić information content (AvgIpc) is 3.21. The zero-order valence-corrected chi connectivity index (χ0v) is 13.1. The molecule has 2 fully saturated rings. The van der Waals surface area contributed by atoms with Crippen molar-refractivity contribution in [1.82, 2.24) is 9.71 Å². The number of sulfonamides is 1. The van der Waals surface area contributed by atoms with Crippen molar-refractivity contribution < 1.29 is 13.2 Å². The molecule has 2 N–H and O–H groups in total. The van der Waals surface area contributed by atoms with E-state index in [1.165, 1.54) is 6.42 Å². The summed E-state index contributed by atoms with van der Waals surface area (Å²) in [5.41, 5.74) is 0.837. The number of H-pyrrole nitrogens is 1. The molecule has 0 spiro atoms. The van der Waals surface area contributed by atoms with Gasteiger partial charge in [-0.2, -0.15) is 0 Å². The Kier molecular flexibility index (Phi) is 3.47. The fraction of sp³-hybridized carbons (Fsp3) is 0.500. The lowest BCUT2D eigenvalue weighted by molar-refractivity contribution is 0.0915. The van der Waals surface area contributed by atoms with Gasteiger partial charge in [0.1, 0.15) is 4.90 Å². The molecule has 0 aliphatic carbocycles. The van der Waals surface area contributed by atoms with E-state index >= 15 is 0 Å². The molecule has 22 heavy (non-hydrogen) atoms. The first kappa shape index (κ1) is 14.2. The van der Waals surface area contributed by atoms with Gasteiger partial charge in [0.25, 0.3) is 0 Å². The van der Waals surface area contributed by atoms with Gasteiger partial charge in [-0.25, -0.2) is 13.1 Å². The van der Waals surface area contributed by atoms with E-state index in [9.17, 15) is 8.42 Å². The molecule has 2 aliphatic rings. The van der Waals surface area contributed by atoms with Gasteiger partial charge in [-0.3, -0.25) is 0 Å². The van der Waals surface area contributed by atoms with Crippen LogP contribution in [0.1, 0.15) is 25.7 Å². The Morgan fingerprint density at radius 3 is 2.91 bits per heavy atom. The summed E-state index contributed by atoms with van der Waals surface area (Å²) in [6.45, 7) is 0.471. The van der Waals surface area contributed by atoms with Crippen LogP contribution < -0.4 is 4.72 Å². The Morgan fingerprint density at radius 1 is 1.27 bits per heavy atom. The second-order valence-electron chi connectivity index (χ2n) is 6.25. The first-order valence-corrected chi connectivity index (χ1v) is 9.33. The van der Waals surface area contributed by atoms with Crippen molar-refractivity contribution in [2.75, 3.05) is 6.54 Å². The van der Waals surface area contributed by atoms with Crippen molar-refractivity contribution in [1.29, 1.82) is 0 Å². The van der Waals surface area contributed by atoms with E-state index < -0.39 is 10.0 Å². The van der Waals surface area contributed by atoms with Crippen LogP contribution in [0, 0.1) is 5.92 Å². The molecule has 118 valence electrons. The van der Waals surface area contributed by atoms with E-state index in [-0.39, 0.29) is 0 Å². The predicted molar refractivity (Wildman–Crippen MR) is 84.1 cm³/mol. The van der Waals surface area contributed by atoms with Gasteiger partial charge in [-0.05, 0) is 37.7 Å². The molecule has 5 nitrogen and oxygen atoms in total. The van der Waals surface area contributed by atoms with Gasteiger partial charge in [0.05, 0.1) is 12.2 Å². The van der Waals surface area contributed by atoms with E-state index in [0.29, 0.717) is 29.6 Å². The third kappa shape index (κ3) is 2.45. The Labute approximate surface area is 130 Å². The standard InChI is InChI=1S/C16H20N2O3S/c19-22(20,16-10-17-14-4-2-1-3-13(14)16)18-8-7-11-9-12-5-6-15(11)21-12/h1-4,10-12,15,17-18H,5-9H2. The smallest absolute Gasteiger partial charge is 0.242 e. The van der Waals surface area contributed by atoms with Crippen LogP contribution in [0.3, 0.4) is 0 Å². The molecule has 0 amide bonds. The summed E-state index contributed by atoms with van der Waals surface area (Å²) < 4.78 is 33.5. The molecule has 2 saturated heterocycles. The van der Waals surface area contributed by atoms with E-state index in [1.54, 1.807) is 6.20 Å². The van der Waals surface area contributed by atoms with Gasteiger partial charge in [-0.15, -0.1) is 0 Å². The number of hydrogen-bond donors (Lipinski definition) is 2. The van der Waals surface area contributed by atoms with Crippen LogP contribution in [-0.2, 0) is 14.8 Å². The quantitative estimate of drug-likeness (QED) is 0.888. The number of ether oxygens (including phenoxy) is 1. The van der Waals surface area contributed by atoms with Crippen LogP contribution in [0.2, 0.25) is 0 Å². The van der Waals surface area contributed by atoms with Crippen molar-refractivity contribution in [2.24, 2.45) is 5.92 Å². The number of fused-ring (bicyclic) bond motifs is 3. The minimum atomic E-state index is -3.47. The Hall–Kier alpha value is -1.37. The zero-order valence-electron chi connectivity index (χ0n) is 12.3. The van der Waals surface area contributed by atoms with Gasteiger partial charge >= 0.3 is 0 Å². The third-order valence-electron chi connectivity index (χ3n) is 4.88. The van der Waals surface area contributed by atoms with Crippen LogP contribution in [0.15, 0.2) is 35.4 Å². The van der Waals surface area contributed by atoms with Crippen molar-refractivity contribution in [3.63, 3.8) is 0 Å². The summed E-state index contributed by atoms with van der Waals surface area (Å²) in [7, 11) is -3.47. The third-order valence-corrected chi connectivity index (χ3v) is 6.38. The highest BCUT2D eigenvalue weighted by Crippen LogP contribution is 2.40. The van der Waals surface area contributed by atoms with Crippen LogP contribution in [0.4, 0.5) is 0 Å².